The third-order valence-corrected chi connectivity index (χ3v) is 6.77. The first-order chi connectivity index (χ1) is 17.1. The number of methoxy groups -OCH3 is 3. The van der Waals surface area contributed by atoms with Crippen LogP contribution in [-0.4, -0.2) is 76.5 Å². The number of amides is 1. The van der Waals surface area contributed by atoms with E-state index < -0.39 is 0 Å². The van der Waals surface area contributed by atoms with Crippen LogP contribution in [0.25, 0.3) is 11.3 Å². The van der Waals surface area contributed by atoms with Crippen LogP contribution in [0.3, 0.4) is 0 Å². The fraction of sp³-hybridized carbons (Fsp3) is 0.385. The number of carbonyl (C=O) groups excluding carboxylic acids is 1. The van der Waals surface area contributed by atoms with Crippen molar-refractivity contribution in [3.8, 4) is 28.5 Å². The van der Waals surface area contributed by atoms with E-state index >= 15 is 0 Å². The molecule has 2 aromatic carbocycles. The first kappa shape index (κ1) is 25.0. The van der Waals surface area contributed by atoms with Gasteiger partial charge in [-0.05, 0) is 18.6 Å². The molecule has 0 aliphatic carbocycles. The predicted molar refractivity (Wildman–Crippen MR) is 137 cm³/mol. The van der Waals surface area contributed by atoms with E-state index in [0.717, 1.165) is 50.5 Å². The minimum Gasteiger partial charge on any atom is -0.493 e. The van der Waals surface area contributed by atoms with Crippen LogP contribution in [0.15, 0.2) is 47.8 Å². The Morgan fingerprint density at radius 2 is 1.74 bits per heavy atom. The second-order valence-electron chi connectivity index (χ2n) is 8.06. The Labute approximate surface area is 210 Å². The first-order valence-electron chi connectivity index (χ1n) is 11.6. The van der Waals surface area contributed by atoms with Gasteiger partial charge >= 0.3 is 0 Å². The predicted octanol–water partition coefficient (Wildman–Crippen LogP) is 4.21. The average Bonchev–Trinajstić information content (AvgIpc) is 3.41. The molecule has 0 atom stereocenters. The van der Waals surface area contributed by atoms with Crippen LogP contribution in [0.4, 0.5) is 5.13 Å². The van der Waals surface area contributed by atoms with Crippen LogP contribution in [0, 0.1) is 0 Å². The van der Waals surface area contributed by atoms with Crippen molar-refractivity contribution in [1.82, 2.24) is 9.88 Å². The summed E-state index contributed by atoms with van der Waals surface area (Å²) in [7, 11) is 4.62. The van der Waals surface area contributed by atoms with Crippen LogP contribution >= 0.6 is 11.3 Å². The summed E-state index contributed by atoms with van der Waals surface area (Å²) >= 11 is 1.46. The van der Waals surface area contributed by atoms with Crippen molar-refractivity contribution in [2.75, 3.05) is 65.6 Å². The quantitative estimate of drug-likeness (QED) is 0.416. The lowest BCUT2D eigenvalue weighted by atomic mass is 10.1. The fourth-order valence-corrected chi connectivity index (χ4v) is 4.91. The Morgan fingerprint density at radius 3 is 2.37 bits per heavy atom. The maximum Gasteiger partial charge on any atom is 0.260 e. The number of ether oxygens (including phenoxy) is 4. The molecule has 186 valence electrons. The molecule has 4 rings (SSSR count). The number of benzene rings is 2. The largest absolute Gasteiger partial charge is 0.493 e. The molecule has 1 saturated heterocycles. The van der Waals surface area contributed by atoms with Gasteiger partial charge < -0.3 is 18.9 Å². The monoisotopic (exact) mass is 497 g/mol. The van der Waals surface area contributed by atoms with Crippen LogP contribution in [0.1, 0.15) is 16.8 Å². The van der Waals surface area contributed by atoms with Gasteiger partial charge in [0.25, 0.3) is 5.91 Å². The molecule has 0 radical (unpaired) electrons. The topological polar surface area (TPSA) is 73.4 Å². The highest BCUT2D eigenvalue weighted by Gasteiger charge is 2.25. The highest BCUT2D eigenvalue weighted by atomic mass is 32.1. The Morgan fingerprint density at radius 1 is 1.06 bits per heavy atom. The summed E-state index contributed by atoms with van der Waals surface area (Å²) in [6, 6.07) is 13.3. The van der Waals surface area contributed by atoms with Crippen molar-refractivity contribution in [3.63, 3.8) is 0 Å². The van der Waals surface area contributed by atoms with Crippen molar-refractivity contribution >= 4 is 22.4 Å². The van der Waals surface area contributed by atoms with Crippen LogP contribution in [0.5, 0.6) is 17.2 Å². The molecule has 0 bridgehead atoms. The van der Waals surface area contributed by atoms with E-state index in [2.05, 4.69) is 4.90 Å². The SMILES string of the molecule is COc1cc(C(=O)N(CCCN2CCOCC2)c2nc(-c3ccccc3)cs2)cc(OC)c1OC. The fourth-order valence-electron chi connectivity index (χ4n) is 4.05. The number of rotatable bonds is 10. The molecule has 9 heteroatoms. The van der Waals surface area contributed by atoms with Gasteiger partial charge in [-0.1, -0.05) is 30.3 Å². The van der Waals surface area contributed by atoms with E-state index in [0.29, 0.717) is 34.5 Å². The molecule has 0 unspecified atom stereocenters. The molecule has 3 aromatic rings. The molecule has 0 saturated carbocycles. The zero-order valence-electron chi connectivity index (χ0n) is 20.4. The molecule has 0 spiro atoms. The Kier molecular flexibility index (Phi) is 8.57. The number of hydrogen-bond acceptors (Lipinski definition) is 8. The van der Waals surface area contributed by atoms with Gasteiger partial charge in [-0.25, -0.2) is 4.98 Å². The number of aromatic nitrogens is 1. The lowest BCUT2D eigenvalue weighted by Gasteiger charge is -2.28. The number of morpholine rings is 1. The van der Waals surface area contributed by atoms with Crippen molar-refractivity contribution < 1.29 is 23.7 Å². The lowest BCUT2D eigenvalue weighted by molar-refractivity contribution is 0.0376. The summed E-state index contributed by atoms with van der Waals surface area (Å²) in [5.41, 5.74) is 2.31. The standard InChI is InChI=1S/C26H31N3O5S/c1-31-22-16-20(17-23(32-2)24(22)33-3)25(30)29(11-7-10-28-12-14-34-15-13-28)26-27-21(18-35-26)19-8-5-4-6-9-19/h4-6,8-9,16-18H,7,10-15H2,1-3H3. The maximum atomic E-state index is 13.8. The Bertz CT molecular complexity index is 1090. The number of hydrogen-bond donors (Lipinski definition) is 0. The van der Waals surface area contributed by atoms with E-state index in [4.69, 9.17) is 23.9 Å². The molecule has 1 aliphatic heterocycles. The molecule has 35 heavy (non-hydrogen) atoms. The van der Waals surface area contributed by atoms with Gasteiger partial charge in [-0.2, -0.15) is 0 Å². The van der Waals surface area contributed by atoms with Gasteiger partial charge in [0.1, 0.15) is 0 Å². The molecule has 0 N–H and O–H groups in total. The van der Waals surface area contributed by atoms with E-state index in [1.807, 2.05) is 35.7 Å². The molecule has 2 heterocycles. The summed E-state index contributed by atoms with van der Waals surface area (Å²) in [6.07, 6.45) is 0.816. The smallest absolute Gasteiger partial charge is 0.260 e. The first-order valence-corrected chi connectivity index (χ1v) is 12.5. The normalized spacial score (nSPS) is 13.9. The highest BCUT2D eigenvalue weighted by Crippen LogP contribution is 2.39. The van der Waals surface area contributed by atoms with Gasteiger partial charge in [0, 0.05) is 42.7 Å². The van der Waals surface area contributed by atoms with Gasteiger partial charge in [-0.3, -0.25) is 14.6 Å². The van der Waals surface area contributed by atoms with Gasteiger partial charge in [-0.15, -0.1) is 11.3 Å². The molecule has 1 aromatic heterocycles. The minimum absolute atomic E-state index is 0.166. The van der Waals surface area contributed by atoms with Gasteiger partial charge in [0.15, 0.2) is 16.6 Å². The molecule has 1 aliphatic rings. The average molecular weight is 498 g/mol. The number of nitrogens with zero attached hydrogens (tertiary/aromatic N) is 3. The van der Waals surface area contributed by atoms with E-state index in [9.17, 15) is 4.79 Å². The Hall–Kier alpha value is -3.14. The zero-order valence-corrected chi connectivity index (χ0v) is 21.2. The molecular formula is C26H31N3O5S. The number of carbonyl (C=O) groups is 1. The third-order valence-electron chi connectivity index (χ3n) is 5.91. The van der Waals surface area contributed by atoms with Crippen molar-refractivity contribution in [3.05, 3.63) is 53.4 Å². The van der Waals surface area contributed by atoms with Crippen LogP contribution in [0.2, 0.25) is 0 Å². The number of thiazole rings is 1. The van der Waals surface area contributed by atoms with Gasteiger partial charge in [0.05, 0.1) is 40.2 Å². The third kappa shape index (κ3) is 5.93. The molecule has 1 fully saturated rings. The molecule has 1 amide bonds. The summed E-state index contributed by atoms with van der Waals surface area (Å²) < 4.78 is 21.8. The van der Waals surface area contributed by atoms with E-state index in [1.54, 1.807) is 38.4 Å². The van der Waals surface area contributed by atoms with Gasteiger partial charge in [0.2, 0.25) is 5.75 Å². The lowest BCUT2D eigenvalue weighted by Crippen LogP contribution is -2.39. The maximum absolute atomic E-state index is 13.8. The molecular weight excluding hydrogens is 466 g/mol. The van der Waals surface area contributed by atoms with E-state index in [-0.39, 0.29) is 5.91 Å². The van der Waals surface area contributed by atoms with Crippen molar-refractivity contribution in [2.45, 2.75) is 6.42 Å². The second-order valence-corrected chi connectivity index (χ2v) is 8.90. The van der Waals surface area contributed by atoms with Crippen molar-refractivity contribution in [1.29, 1.82) is 0 Å². The van der Waals surface area contributed by atoms with E-state index in [1.165, 1.54) is 11.3 Å². The minimum atomic E-state index is -0.166. The van der Waals surface area contributed by atoms with Crippen LogP contribution in [-0.2, 0) is 4.74 Å². The molecule has 8 nitrogen and oxygen atoms in total. The van der Waals surface area contributed by atoms with Crippen LogP contribution < -0.4 is 19.1 Å². The summed E-state index contributed by atoms with van der Waals surface area (Å²) in [5, 5.41) is 2.65. The Balaban J connectivity index is 1.62. The summed E-state index contributed by atoms with van der Waals surface area (Å²) in [6.45, 7) is 4.75. The second kappa shape index (κ2) is 12.0. The van der Waals surface area contributed by atoms with Crippen molar-refractivity contribution in [2.24, 2.45) is 0 Å². The number of anilines is 1. The zero-order chi connectivity index (χ0) is 24.6. The summed E-state index contributed by atoms with van der Waals surface area (Å²) in [5.74, 6) is 1.16. The highest BCUT2D eigenvalue weighted by molar-refractivity contribution is 7.14. The summed E-state index contributed by atoms with van der Waals surface area (Å²) in [4.78, 5) is 22.7.